The number of aryl methyl sites for hydroxylation is 2. The summed E-state index contributed by atoms with van der Waals surface area (Å²) in [5, 5.41) is 0. The Morgan fingerprint density at radius 3 is 2.72 bits per heavy atom. The molecule has 1 amide bonds. The minimum Gasteiger partial charge on any atom is -0.342 e. The molecule has 0 atom stereocenters. The second kappa shape index (κ2) is 5.84. The normalized spacial score (nSPS) is 14.7. The second-order valence-electron chi connectivity index (χ2n) is 6.54. The highest BCUT2D eigenvalue weighted by Crippen LogP contribution is 2.26. The lowest BCUT2D eigenvalue weighted by atomic mass is 9.99. The quantitative estimate of drug-likeness (QED) is 0.782. The Morgan fingerprint density at radius 1 is 1.24 bits per heavy atom. The van der Waals surface area contributed by atoms with E-state index in [1.165, 1.54) is 4.57 Å². The minimum atomic E-state index is -0.375. The lowest BCUT2D eigenvalue weighted by Crippen LogP contribution is -2.50. The van der Waals surface area contributed by atoms with E-state index >= 15 is 0 Å². The number of nitrogens with one attached hydrogen (secondary N) is 1. The van der Waals surface area contributed by atoms with Crippen LogP contribution in [0.15, 0.2) is 35.1 Å². The number of imidazole rings is 1. The van der Waals surface area contributed by atoms with E-state index in [0.717, 1.165) is 22.6 Å². The number of hydrogen-bond donors (Lipinski definition) is 1. The molecule has 2 aromatic heterocycles. The molecular weight excluding hydrogens is 318 g/mol. The van der Waals surface area contributed by atoms with Crippen molar-refractivity contribution in [1.29, 1.82) is 0 Å². The Bertz CT molecular complexity index is 981. The fourth-order valence-electron chi connectivity index (χ4n) is 3.22. The van der Waals surface area contributed by atoms with Crippen molar-refractivity contribution in [2.75, 3.05) is 13.1 Å². The SMILES string of the molecule is Cc1cc(C)n(CC(=O)N2CC(c3nc4ccccc4[nH]3)C2)c(=O)n1. The van der Waals surface area contributed by atoms with Gasteiger partial charge in [-0.25, -0.2) is 9.78 Å². The topological polar surface area (TPSA) is 83.9 Å². The van der Waals surface area contributed by atoms with Gasteiger partial charge in [0.05, 0.1) is 17.0 Å². The third-order valence-electron chi connectivity index (χ3n) is 4.67. The third kappa shape index (κ3) is 2.82. The van der Waals surface area contributed by atoms with Crippen LogP contribution < -0.4 is 5.69 Å². The Kier molecular flexibility index (Phi) is 3.63. The van der Waals surface area contributed by atoms with Crippen LogP contribution in [0.1, 0.15) is 23.1 Å². The maximum absolute atomic E-state index is 12.4. The van der Waals surface area contributed by atoms with Crippen LogP contribution in [-0.2, 0) is 11.3 Å². The van der Waals surface area contributed by atoms with E-state index in [1.54, 1.807) is 11.8 Å². The first-order valence-electron chi connectivity index (χ1n) is 8.29. The summed E-state index contributed by atoms with van der Waals surface area (Å²) in [5.41, 5.74) is 2.99. The summed E-state index contributed by atoms with van der Waals surface area (Å²) >= 11 is 0. The molecule has 7 nitrogen and oxygen atoms in total. The van der Waals surface area contributed by atoms with E-state index in [4.69, 9.17) is 0 Å². The molecule has 1 aromatic carbocycles. The molecule has 25 heavy (non-hydrogen) atoms. The first kappa shape index (κ1) is 15.6. The molecule has 0 saturated carbocycles. The Balaban J connectivity index is 1.43. The molecule has 0 unspecified atom stereocenters. The highest BCUT2D eigenvalue weighted by molar-refractivity contribution is 5.78. The van der Waals surface area contributed by atoms with Gasteiger partial charge in [-0.15, -0.1) is 0 Å². The Labute approximate surface area is 144 Å². The summed E-state index contributed by atoms with van der Waals surface area (Å²) in [6.07, 6.45) is 0. The molecule has 1 saturated heterocycles. The van der Waals surface area contributed by atoms with Gasteiger partial charge in [0.15, 0.2) is 0 Å². The number of benzene rings is 1. The number of rotatable bonds is 3. The van der Waals surface area contributed by atoms with Crippen molar-refractivity contribution in [2.24, 2.45) is 0 Å². The highest BCUT2D eigenvalue weighted by atomic mass is 16.2. The fraction of sp³-hybridized carbons (Fsp3) is 0.333. The van der Waals surface area contributed by atoms with Crippen LogP contribution in [0.25, 0.3) is 11.0 Å². The van der Waals surface area contributed by atoms with E-state index in [1.807, 2.05) is 37.3 Å². The molecule has 7 heteroatoms. The van der Waals surface area contributed by atoms with Crippen molar-refractivity contribution in [2.45, 2.75) is 26.3 Å². The highest BCUT2D eigenvalue weighted by Gasteiger charge is 2.33. The van der Waals surface area contributed by atoms with Gasteiger partial charge in [-0.3, -0.25) is 9.36 Å². The summed E-state index contributed by atoms with van der Waals surface area (Å²) in [5.74, 6) is 1.06. The number of para-hydroxylation sites is 2. The predicted octanol–water partition coefficient (Wildman–Crippen LogP) is 1.36. The molecule has 0 spiro atoms. The van der Waals surface area contributed by atoms with E-state index < -0.39 is 0 Å². The van der Waals surface area contributed by atoms with Crippen molar-refractivity contribution in [3.05, 3.63) is 58.0 Å². The number of H-pyrrole nitrogens is 1. The maximum Gasteiger partial charge on any atom is 0.348 e. The van der Waals surface area contributed by atoms with Crippen molar-refractivity contribution >= 4 is 16.9 Å². The average molecular weight is 337 g/mol. The molecule has 3 aromatic rings. The minimum absolute atomic E-state index is 0.0325. The molecule has 0 bridgehead atoms. The average Bonchev–Trinajstić information content (AvgIpc) is 2.92. The molecule has 4 rings (SSSR count). The van der Waals surface area contributed by atoms with Crippen molar-refractivity contribution in [3.63, 3.8) is 0 Å². The molecule has 0 aliphatic carbocycles. The van der Waals surface area contributed by atoms with Crippen LogP contribution in [0, 0.1) is 13.8 Å². The fourth-order valence-corrected chi connectivity index (χ4v) is 3.22. The summed E-state index contributed by atoms with van der Waals surface area (Å²) in [4.78, 5) is 38.0. The number of hydrogen-bond acceptors (Lipinski definition) is 4. The number of carbonyl (C=O) groups excluding carboxylic acids is 1. The number of carbonyl (C=O) groups is 1. The summed E-state index contributed by atoms with van der Waals surface area (Å²) in [7, 11) is 0. The number of nitrogens with zero attached hydrogens (tertiary/aromatic N) is 4. The van der Waals surface area contributed by atoms with Crippen molar-refractivity contribution < 1.29 is 4.79 Å². The van der Waals surface area contributed by atoms with Crippen molar-refractivity contribution in [3.8, 4) is 0 Å². The van der Waals surface area contributed by atoms with Gasteiger partial charge >= 0.3 is 5.69 Å². The first-order chi connectivity index (χ1) is 12.0. The maximum atomic E-state index is 12.4. The van der Waals surface area contributed by atoms with Gasteiger partial charge in [0, 0.05) is 24.5 Å². The lowest BCUT2D eigenvalue weighted by Gasteiger charge is -2.38. The number of likely N-dealkylation sites (tertiary alicyclic amines) is 1. The molecular formula is C18H19N5O2. The molecule has 1 N–H and O–H groups in total. The summed E-state index contributed by atoms with van der Waals surface area (Å²) < 4.78 is 1.42. The molecule has 3 heterocycles. The molecule has 1 aliphatic heterocycles. The second-order valence-corrected chi connectivity index (χ2v) is 6.54. The number of aromatic nitrogens is 4. The van der Waals surface area contributed by atoms with E-state index in [9.17, 15) is 9.59 Å². The third-order valence-corrected chi connectivity index (χ3v) is 4.67. The smallest absolute Gasteiger partial charge is 0.342 e. The first-order valence-corrected chi connectivity index (χ1v) is 8.29. The van der Waals surface area contributed by atoms with Gasteiger partial charge in [-0.2, -0.15) is 4.98 Å². The van der Waals surface area contributed by atoms with Crippen LogP contribution in [0.3, 0.4) is 0 Å². The van der Waals surface area contributed by atoms with Crippen LogP contribution in [0.2, 0.25) is 0 Å². The predicted molar refractivity (Wildman–Crippen MR) is 93.4 cm³/mol. The summed E-state index contributed by atoms with van der Waals surface area (Å²) in [6, 6.07) is 9.70. The lowest BCUT2D eigenvalue weighted by molar-refractivity contribution is -0.136. The standard InChI is InChI=1S/C18H19N5O2/c1-11-7-12(2)23(18(25)19-11)10-16(24)22-8-13(9-22)17-20-14-5-3-4-6-15(14)21-17/h3-7,13H,8-10H2,1-2H3,(H,20,21). The number of amides is 1. The van der Waals surface area contributed by atoms with Gasteiger partial charge < -0.3 is 9.88 Å². The van der Waals surface area contributed by atoms with Crippen LogP contribution in [-0.4, -0.2) is 43.4 Å². The Hall–Kier alpha value is -2.96. The monoisotopic (exact) mass is 337 g/mol. The number of aromatic amines is 1. The zero-order chi connectivity index (χ0) is 17.6. The molecule has 1 fully saturated rings. The van der Waals surface area contributed by atoms with Gasteiger partial charge in [-0.1, -0.05) is 12.1 Å². The van der Waals surface area contributed by atoms with Gasteiger partial charge in [0.2, 0.25) is 5.91 Å². The van der Waals surface area contributed by atoms with Crippen LogP contribution >= 0.6 is 0 Å². The van der Waals surface area contributed by atoms with Crippen LogP contribution in [0.5, 0.6) is 0 Å². The van der Waals surface area contributed by atoms with Crippen molar-refractivity contribution in [1.82, 2.24) is 24.4 Å². The zero-order valence-electron chi connectivity index (χ0n) is 14.2. The molecule has 1 aliphatic rings. The molecule has 128 valence electrons. The summed E-state index contributed by atoms with van der Waals surface area (Å²) in [6.45, 7) is 4.85. The van der Waals surface area contributed by atoms with Gasteiger partial charge in [0.25, 0.3) is 0 Å². The van der Waals surface area contributed by atoms with Gasteiger partial charge in [-0.05, 0) is 32.0 Å². The largest absolute Gasteiger partial charge is 0.348 e. The Morgan fingerprint density at radius 2 is 2.00 bits per heavy atom. The van der Waals surface area contributed by atoms with Crippen LogP contribution in [0.4, 0.5) is 0 Å². The number of fused-ring (bicyclic) bond motifs is 1. The van der Waals surface area contributed by atoms with E-state index in [-0.39, 0.29) is 24.1 Å². The van der Waals surface area contributed by atoms with E-state index in [0.29, 0.717) is 18.8 Å². The zero-order valence-corrected chi connectivity index (χ0v) is 14.2. The van der Waals surface area contributed by atoms with E-state index in [2.05, 4.69) is 15.0 Å². The molecule has 0 radical (unpaired) electrons. The van der Waals surface area contributed by atoms with Gasteiger partial charge in [0.1, 0.15) is 12.4 Å².